The van der Waals surface area contributed by atoms with Crippen LogP contribution in [0.2, 0.25) is 0 Å². The van der Waals surface area contributed by atoms with Gasteiger partial charge >= 0.3 is 29.8 Å². The molecule has 15 nitrogen and oxygen atoms in total. The normalized spacial score (nSPS) is 30.0. The van der Waals surface area contributed by atoms with E-state index in [1.54, 1.807) is 20.8 Å². The number of hydrogen-bond donors (Lipinski definition) is 5. The van der Waals surface area contributed by atoms with E-state index >= 15 is 0 Å². The maximum Gasteiger partial charge on any atom is 0.344 e. The Labute approximate surface area is 295 Å². The van der Waals surface area contributed by atoms with Gasteiger partial charge in [-0.1, -0.05) is 63.8 Å². The largest absolute Gasteiger partial charge is 0.479 e. The molecule has 2 fully saturated rings. The van der Waals surface area contributed by atoms with Gasteiger partial charge in [0.1, 0.15) is 12.2 Å². The minimum absolute atomic E-state index is 0.144. The van der Waals surface area contributed by atoms with Crippen LogP contribution in [-0.4, -0.2) is 110 Å². The van der Waals surface area contributed by atoms with E-state index in [0.717, 1.165) is 18.7 Å². The van der Waals surface area contributed by atoms with Gasteiger partial charge in [0.05, 0.1) is 13.2 Å². The highest BCUT2D eigenvalue weighted by atomic mass is 16.8. The monoisotopic (exact) mass is 720 g/mol. The van der Waals surface area contributed by atoms with Crippen molar-refractivity contribution in [3.63, 3.8) is 0 Å². The van der Waals surface area contributed by atoms with Gasteiger partial charge in [-0.2, -0.15) is 0 Å². The van der Waals surface area contributed by atoms with Gasteiger partial charge in [0.15, 0.2) is 6.10 Å². The van der Waals surface area contributed by atoms with Gasteiger partial charge in [-0.15, -0.1) is 0 Å². The van der Waals surface area contributed by atoms with Crippen LogP contribution in [0.4, 0.5) is 0 Å². The highest BCUT2D eigenvalue weighted by molar-refractivity contribution is 5.98. The van der Waals surface area contributed by atoms with Crippen molar-refractivity contribution in [3.8, 4) is 0 Å². The Morgan fingerprint density at radius 1 is 1.02 bits per heavy atom. The number of methoxy groups -OCH3 is 1. The molecule has 0 saturated carbocycles. The lowest BCUT2D eigenvalue weighted by Gasteiger charge is -2.49. The summed E-state index contributed by atoms with van der Waals surface area (Å²) in [5.41, 5.74) is -6.11. The molecular formula is C36H48O15. The summed E-state index contributed by atoms with van der Waals surface area (Å²) in [4.78, 5) is 64.0. The fraction of sp³-hybridized carbons (Fsp3) is 0.583. The predicted molar refractivity (Wildman–Crippen MR) is 177 cm³/mol. The smallest absolute Gasteiger partial charge is 0.344 e. The molecule has 2 aliphatic rings. The first-order valence-electron chi connectivity index (χ1n) is 16.6. The topological polar surface area (TPSA) is 233 Å². The zero-order chi connectivity index (χ0) is 38.5. The molecule has 5 N–H and O–H groups in total. The Kier molecular flexibility index (Phi) is 13.3. The zero-order valence-electron chi connectivity index (χ0n) is 29.5. The molecule has 15 heteroatoms. The van der Waals surface area contributed by atoms with Crippen LogP contribution in [0.3, 0.4) is 0 Å². The average Bonchev–Trinajstić information content (AvgIpc) is 3.28. The van der Waals surface area contributed by atoms with E-state index in [1.165, 1.54) is 13.0 Å². The maximum atomic E-state index is 13.1. The molecule has 51 heavy (non-hydrogen) atoms. The third kappa shape index (κ3) is 8.33. The van der Waals surface area contributed by atoms with Crippen LogP contribution in [0.5, 0.6) is 0 Å². The first-order chi connectivity index (χ1) is 23.8. The van der Waals surface area contributed by atoms with Gasteiger partial charge in [-0.05, 0) is 49.2 Å². The van der Waals surface area contributed by atoms with Gasteiger partial charge < -0.3 is 49.2 Å². The highest BCUT2D eigenvalue weighted by Gasteiger charge is 2.86. The zero-order valence-corrected chi connectivity index (χ0v) is 29.5. The van der Waals surface area contributed by atoms with Crippen molar-refractivity contribution in [1.82, 2.24) is 0 Å². The van der Waals surface area contributed by atoms with Crippen LogP contribution in [0.1, 0.15) is 59.4 Å². The molecule has 2 heterocycles. The minimum Gasteiger partial charge on any atom is -0.479 e. The van der Waals surface area contributed by atoms with Crippen LogP contribution in [0, 0.1) is 17.8 Å². The van der Waals surface area contributed by atoms with Crippen LogP contribution in [0.25, 0.3) is 0 Å². The van der Waals surface area contributed by atoms with Gasteiger partial charge in [0.25, 0.3) is 0 Å². The summed E-state index contributed by atoms with van der Waals surface area (Å²) in [6, 6.07) is 9.31. The van der Waals surface area contributed by atoms with Crippen molar-refractivity contribution in [2.45, 2.75) is 108 Å². The second kappa shape index (κ2) is 16.5. The molecule has 2 saturated heterocycles. The van der Waals surface area contributed by atoms with Crippen LogP contribution in [-0.2, 0) is 54.1 Å². The van der Waals surface area contributed by atoms with Crippen molar-refractivity contribution in [3.05, 3.63) is 60.2 Å². The fourth-order valence-corrected chi connectivity index (χ4v) is 6.66. The number of carbonyl (C=O) groups excluding carboxylic acids is 3. The summed E-state index contributed by atoms with van der Waals surface area (Å²) in [5.74, 6) is -11.3. The predicted octanol–water partition coefficient (Wildman–Crippen LogP) is 1.94. The van der Waals surface area contributed by atoms with Gasteiger partial charge in [-0.3, -0.25) is 4.79 Å². The summed E-state index contributed by atoms with van der Waals surface area (Å²) in [7, 11) is 0.837. The number of aliphatic hydroxyl groups excluding tert-OH is 2. The summed E-state index contributed by atoms with van der Waals surface area (Å²) in [6.07, 6.45) is -6.42. The van der Waals surface area contributed by atoms with Crippen LogP contribution in [0.15, 0.2) is 54.6 Å². The molecule has 1 aromatic carbocycles. The SMILES string of the molecule is C=C(CC[C@]12O[C@H](C(=O)OC)[C@@](O)(C(=O)O)[C@](C(=O)O)(O1)[C@H](OC(=O)/C=C/[C@@H](C)C[C@@H](C)[C@@H](C)O)[C@H]2O)[C@@H](OC(C)=O)[C@H](C)Cc1ccccc1. The molecule has 0 aromatic heterocycles. The van der Waals surface area contributed by atoms with E-state index in [0.29, 0.717) is 12.8 Å². The van der Waals surface area contributed by atoms with E-state index < -0.39 is 83.8 Å². The minimum atomic E-state index is -3.80. The number of carbonyl (C=O) groups is 5. The number of carboxylic acid groups (broad SMARTS) is 2. The number of aliphatic carboxylic acids is 2. The number of hydrogen-bond acceptors (Lipinski definition) is 13. The summed E-state index contributed by atoms with van der Waals surface area (Å²) >= 11 is 0. The lowest BCUT2D eigenvalue weighted by Crippen LogP contribution is -2.78. The maximum absolute atomic E-state index is 13.1. The Morgan fingerprint density at radius 2 is 1.65 bits per heavy atom. The molecular weight excluding hydrogens is 672 g/mol. The molecule has 2 bridgehead atoms. The fourth-order valence-electron chi connectivity index (χ4n) is 6.66. The average molecular weight is 721 g/mol. The van der Waals surface area contributed by atoms with Crippen molar-refractivity contribution in [2.24, 2.45) is 17.8 Å². The van der Waals surface area contributed by atoms with Crippen LogP contribution < -0.4 is 0 Å². The number of fused-ring (bicyclic) bond motifs is 2. The molecule has 3 rings (SSSR count). The number of esters is 3. The van der Waals surface area contributed by atoms with Crippen LogP contribution >= 0.6 is 0 Å². The van der Waals surface area contributed by atoms with Crippen molar-refractivity contribution >= 4 is 29.8 Å². The third-order valence-corrected chi connectivity index (χ3v) is 9.57. The first kappa shape index (κ1) is 41.3. The molecule has 282 valence electrons. The third-order valence-electron chi connectivity index (χ3n) is 9.57. The number of aliphatic hydroxyl groups is 3. The second-order valence-electron chi connectivity index (χ2n) is 13.5. The molecule has 0 amide bonds. The molecule has 0 unspecified atom stereocenters. The summed E-state index contributed by atoms with van der Waals surface area (Å²) in [6.45, 7) is 12.2. The first-order valence-corrected chi connectivity index (χ1v) is 16.6. The Morgan fingerprint density at radius 3 is 2.18 bits per heavy atom. The van der Waals surface area contributed by atoms with E-state index in [4.69, 9.17) is 18.9 Å². The molecule has 0 spiro atoms. The molecule has 2 aliphatic heterocycles. The van der Waals surface area contributed by atoms with Crippen molar-refractivity contribution in [2.75, 3.05) is 7.11 Å². The van der Waals surface area contributed by atoms with E-state index in [2.05, 4.69) is 11.3 Å². The molecule has 0 aliphatic carbocycles. The van der Waals surface area contributed by atoms with Crippen molar-refractivity contribution in [1.29, 1.82) is 0 Å². The highest BCUT2D eigenvalue weighted by Crippen LogP contribution is 2.56. The Bertz CT molecular complexity index is 1490. The molecule has 1 aromatic rings. The Hall–Kier alpha value is -4.15. The lowest BCUT2D eigenvalue weighted by molar-refractivity contribution is -0.374. The number of allylic oxidation sites excluding steroid dienone is 1. The standard InChI is InChI=1S/C36H48O15/c1-19(17-21(3)23(5)37)13-14-26(39)49-29-28(40)34(50-30(31(41)47-7)35(46,32(42)43)36(29,51-34)33(44)45)16-15-20(2)27(48-24(6)38)22(4)18-25-11-9-8-10-12-25/h8-14,19,21-23,27-30,37,40,46H,2,15-18H2,1,3-7H3,(H,42,43)(H,44,45)/b14-13+/t19-,21-,22-,23-,27-,28-,29-,30-,34+,35-,36+/m1/s1. The molecule has 0 radical (unpaired) electrons. The van der Waals surface area contributed by atoms with E-state index in [-0.39, 0.29) is 29.7 Å². The Balaban J connectivity index is 2.04. The van der Waals surface area contributed by atoms with E-state index in [9.17, 15) is 49.5 Å². The second-order valence-corrected chi connectivity index (χ2v) is 13.5. The summed E-state index contributed by atoms with van der Waals surface area (Å²) < 4.78 is 27.1. The van der Waals surface area contributed by atoms with Gasteiger partial charge in [0, 0.05) is 25.3 Å². The number of carboxylic acids is 2. The van der Waals surface area contributed by atoms with Crippen molar-refractivity contribution < 1.29 is 73.2 Å². The van der Waals surface area contributed by atoms with E-state index in [1.807, 2.05) is 37.3 Å². The quantitative estimate of drug-likeness (QED) is 0.0670. The number of ether oxygens (including phenoxy) is 5. The lowest BCUT2D eigenvalue weighted by atomic mass is 9.74. The molecule has 11 atom stereocenters. The van der Waals surface area contributed by atoms with Gasteiger partial charge in [0.2, 0.25) is 23.1 Å². The summed E-state index contributed by atoms with van der Waals surface area (Å²) in [5, 5.41) is 53.9. The van der Waals surface area contributed by atoms with Gasteiger partial charge in [-0.25, -0.2) is 19.2 Å². The number of rotatable bonds is 17. The number of benzene rings is 1.